The number of likely N-dealkylation sites (N-methyl/N-ethyl adjacent to an activating group) is 1. The average Bonchev–Trinajstić information content (AvgIpc) is 2.27. The minimum absolute atomic E-state index is 0.293. The van der Waals surface area contributed by atoms with Crippen molar-refractivity contribution < 1.29 is 9.90 Å². The second-order valence-electron chi connectivity index (χ2n) is 3.13. The first-order chi connectivity index (χ1) is 6.69. The normalized spacial score (nSPS) is 9.93. The van der Waals surface area contributed by atoms with E-state index < -0.39 is 6.61 Å². The topological polar surface area (TPSA) is 40.5 Å². The molecule has 0 unspecified atom stereocenters. The zero-order chi connectivity index (χ0) is 10.6. The Morgan fingerprint density at radius 1 is 1.50 bits per heavy atom. The summed E-state index contributed by atoms with van der Waals surface area (Å²) in [5, 5.41) is 8.70. The second-order valence-corrected chi connectivity index (χ2v) is 3.13. The fourth-order valence-electron chi connectivity index (χ4n) is 1.24. The highest BCUT2D eigenvalue weighted by Crippen LogP contribution is 2.15. The molecule has 0 saturated carbocycles. The maximum atomic E-state index is 11.2. The Hall–Kier alpha value is -1.35. The van der Waals surface area contributed by atoms with Crippen molar-refractivity contribution in [1.29, 1.82) is 0 Å². The highest BCUT2D eigenvalue weighted by molar-refractivity contribution is 5.93. The Kier molecular flexibility index (Phi) is 3.65. The van der Waals surface area contributed by atoms with Gasteiger partial charge in [-0.05, 0) is 24.1 Å². The first-order valence-corrected chi connectivity index (χ1v) is 4.65. The lowest BCUT2D eigenvalue weighted by atomic mass is 10.1. The van der Waals surface area contributed by atoms with Gasteiger partial charge in [0.2, 0.25) is 0 Å². The van der Waals surface area contributed by atoms with Crippen molar-refractivity contribution in [3.63, 3.8) is 0 Å². The van der Waals surface area contributed by atoms with Gasteiger partial charge in [-0.1, -0.05) is 19.1 Å². The molecule has 14 heavy (non-hydrogen) atoms. The maximum Gasteiger partial charge on any atom is 0.252 e. The van der Waals surface area contributed by atoms with Crippen molar-refractivity contribution in [1.82, 2.24) is 0 Å². The lowest BCUT2D eigenvalue weighted by molar-refractivity contribution is -0.120. The molecule has 3 heteroatoms. The first kappa shape index (κ1) is 10.7. The van der Waals surface area contributed by atoms with E-state index in [9.17, 15) is 4.79 Å². The Bertz CT molecular complexity index is 323. The summed E-state index contributed by atoms with van der Waals surface area (Å²) in [7, 11) is 1.66. The predicted molar refractivity (Wildman–Crippen MR) is 56.3 cm³/mol. The SMILES string of the molecule is CCc1cccc(N(C)C(=O)CO)c1. The van der Waals surface area contributed by atoms with Gasteiger partial charge < -0.3 is 10.0 Å². The number of carbonyl (C=O) groups is 1. The van der Waals surface area contributed by atoms with E-state index in [1.807, 2.05) is 24.3 Å². The smallest absolute Gasteiger partial charge is 0.252 e. The van der Waals surface area contributed by atoms with Gasteiger partial charge in [0.15, 0.2) is 0 Å². The van der Waals surface area contributed by atoms with Gasteiger partial charge in [-0.3, -0.25) is 4.79 Å². The largest absolute Gasteiger partial charge is 0.387 e. The molecule has 0 aliphatic rings. The Morgan fingerprint density at radius 2 is 2.21 bits per heavy atom. The number of nitrogens with zero attached hydrogens (tertiary/aromatic N) is 1. The predicted octanol–water partition coefficient (Wildman–Crippen LogP) is 1.20. The number of aliphatic hydroxyl groups is 1. The fourth-order valence-corrected chi connectivity index (χ4v) is 1.24. The number of hydrogen-bond donors (Lipinski definition) is 1. The number of hydrogen-bond acceptors (Lipinski definition) is 2. The van der Waals surface area contributed by atoms with E-state index in [2.05, 4.69) is 6.92 Å². The number of amides is 1. The molecule has 3 nitrogen and oxygen atoms in total. The van der Waals surface area contributed by atoms with E-state index in [1.165, 1.54) is 10.5 Å². The van der Waals surface area contributed by atoms with Crippen LogP contribution in [0.15, 0.2) is 24.3 Å². The number of anilines is 1. The standard InChI is InChI=1S/C11H15NO2/c1-3-9-5-4-6-10(7-9)12(2)11(14)8-13/h4-7,13H,3,8H2,1-2H3. The summed E-state index contributed by atoms with van der Waals surface area (Å²) in [6.45, 7) is 1.61. The molecule has 0 atom stereocenters. The first-order valence-electron chi connectivity index (χ1n) is 4.65. The zero-order valence-corrected chi connectivity index (χ0v) is 8.53. The summed E-state index contributed by atoms with van der Waals surface area (Å²) in [6.07, 6.45) is 0.939. The van der Waals surface area contributed by atoms with Crippen LogP contribution in [0, 0.1) is 0 Å². The van der Waals surface area contributed by atoms with E-state index in [-0.39, 0.29) is 5.91 Å². The molecule has 0 aliphatic heterocycles. The van der Waals surface area contributed by atoms with Gasteiger partial charge in [-0.2, -0.15) is 0 Å². The summed E-state index contributed by atoms with van der Waals surface area (Å²) in [5.41, 5.74) is 2.00. The summed E-state index contributed by atoms with van der Waals surface area (Å²) in [4.78, 5) is 12.6. The Morgan fingerprint density at radius 3 is 2.79 bits per heavy atom. The molecule has 0 saturated heterocycles. The van der Waals surface area contributed by atoms with Crippen molar-refractivity contribution in [2.75, 3.05) is 18.6 Å². The average molecular weight is 193 g/mol. The van der Waals surface area contributed by atoms with Gasteiger partial charge in [0, 0.05) is 12.7 Å². The lowest BCUT2D eigenvalue weighted by Crippen LogP contribution is -2.28. The molecule has 1 aromatic carbocycles. The Labute approximate surface area is 84.0 Å². The summed E-state index contributed by atoms with van der Waals surface area (Å²) < 4.78 is 0. The number of carbonyl (C=O) groups excluding carboxylic acids is 1. The van der Waals surface area contributed by atoms with Gasteiger partial charge in [0.25, 0.3) is 5.91 Å². The van der Waals surface area contributed by atoms with E-state index in [0.29, 0.717) is 0 Å². The van der Waals surface area contributed by atoms with Gasteiger partial charge in [-0.15, -0.1) is 0 Å². The molecule has 0 aliphatic carbocycles. The molecule has 0 heterocycles. The molecular weight excluding hydrogens is 178 g/mol. The minimum Gasteiger partial charge on any atom is -0.387 e. The lowest BCUT2D eigenvalue weighted by Gasteiger charge is -2.16. The van der Waals surface area contributed by atoms with Crippen LogP contribution < -0.4 is 4.90 Å². The van der Waals surface area contributed by atoms with Crippen LogP contribution in [-0.4, -0.2) is 24.7 Å². The van der Waals surface area contributed by atoms with Crippen molar-refractivity contribution in [2.24, 2.45) is 0 Å². The quantitative estimate of drug-likeness (QED) is 0.783. The molecule has 0 fully saturated rings. The van der Waals surface area contributed by atoms with Gasteiger partial charge in [-0.25, -0.2) is 0 Å². The van der Waals surface area contributed by atoms with E-state index >= 15 is 0 Å². The summed E-state index contributed by atoms with van der Waals surface area (Å²) in [6, 6.07) is 7.73. The third-order valence-electron chi connectivity index (χ3n) is 2.22. The summed E-state index contributed by atoms with van der Waals surface area (Å²) >= 11 is 0. The highest BCUT2D eigenvalue weighted by atomic mass is 16.3. The van der Waals surface area contributed by atoms with Crippen LogP contribution in [0.25, 0.3) is 0 Å². The highest BCUT2D eigenvalue weighted by Gasteiger charge is 2.08. The van der Waals surface area contributed by atoms with Gasteiger partial charge >= 0.3 is 0 Å². The van der Waals surface area contributed by atoms with E-state index in [0.717, 1.165) is 12.1 Å². The molecule has 76 valence electrons. The second kappa shape index (κ2) is 4.77. The molecule has 0 spiro atoms. The molecule has 1 rings (SSSR count). The summed E-state index contributed by atoms with van der Waals surface area (Å²) in [5.74, 6) is -0.293. The van der Waals surface area contributed by atoms with E-state index in [1.54, 1.807) is 7.05 Å². The van der Waals surface area contributed by atoms with Crippen molar-refractivity contribution in [3.05, 3.63) is 29.8 Å². The maximum absolute atomic E-state index is 11.2. The molecule has 1 aromatic rings. The number of aliphatic hydroxyl groups excluding tert-OH is 1. The van der Waals surface area contributed by atoms with Crippen molar-refractivity contribution >= 4 is 11.6 Å². The van der Waals surface area contributed by atoms with Crippen LogP contribution in [0.4, 0.5) is 5.69 Å². The molecule has 1 amide bonds. The molecule has 0 bridgehead atoms. The third-order valence-corrected chi connectivity index (χ3v) is 2.22. The van der Waals surface area contributed by atoms with Crippen LogP contribution >= 0.6 is 0 Å². The van der Waals surface area contributed by atoms with Gasteiger partial charge in [0.1, 0.15) is 6.61 Å². The van der Waals surface area contributed by atoms with Crippen LogP contribution in [0.3, 0.4) is 0 Å². The van der Waals surface area contributed by atoms with Crippen LogP contribution in [0.1, 0.15) is 12.5 Å². The Balaban J connectivity index is 2.89. The molecule has 0 radical (unpaired) electrons. The molecule has 0 aromatic heterocycles. The number of benzene rings is 1. The minimum atomic E-state index is -0.452. The monoisotopic (exact) mass is 193 g/mol. The van der Waals surface area contributed by atoms with E-state index in [4.69, 9.17) is 5.11 Å². The van der Waals surface area contributed by atoms with Crippen LogP contribution in [-0.2, 0) is 11.2 Å². The number of aryl methyl sites for hydroxylation is 1. The van der Waals surface area contributed by atoms with Crippen molar-refractivity contribution in [2.45, 2.75) is 13.3 Å². The van der Waals surface area contributed by atoms with Crippen molar-refractivity contribution in [3.8, 4) is 0 Å². The molecular formula is C11H15NO2. The zero-order valence-electron chi connectivity index (χ0n) is 8.53. The number of rotatable bonds is 3. The third kappa shape index (κ3) is 2.33. The van der Waals surface area contributed by atoms with Crippen LogP contribution in [0.5, 0.6) is 0 Å². The molecule has 1 N–H and O–H groups in total. The van der Waals surface area contributed by atoms with Crippen LogP contribution in [0.2, 0.25) is 0 Å². The van der Waals surface area contributed by atoms with Gasteiger partial charge in [0.05, 0.1) is 0 Å². The fraction of sp³-hybridized carbons (Fsp3) is 0.364.